The van der Waals surface area contributed by atoms with Crippen molar-refractivity contribution in [3.63, 3.8) is 0 Å². The summed E-state index contributed by atoms with van der Waals surface area (Å²) in [6, 6.07) is 9.50. The first-order valence-corrected chi connectivity index (χ1v) is 7.72. The van der Waals surface area contributed by atoms with Crippen molar-refractivity contribution in [1.29, 1.82) is 0 Å². The molecule has 1 amide bonds. The lowest BCUT2D eigenvalue weighted by Gasteiger charge is -2.22. The van der Waals surface area contributed by atoms with E-state index in [1.807, 2.05) is 37.3 Å². The molecule has 5 heteroatoms. The van der Waals surface area contributed by atoms with E-state index in [-0.39, 0.29) is 5.91 Å². The van der Waals surface area contributed by atoms with Crippen LogP contribution in [0.25, 0.3) is 0 Å². The summed E-state index contributed by atoms with van der Waals surface area (Å²) in [6.07, 6.45) is 3.62. The summed E-state index contributed by atoms with van der Waals surface area (Å²) in [5, 5.41) is 0. The monoisotopic (exact) mass is 317 g/mol. The molecule has 0 saturated heterocycles. The Morgan fingerprint density at radius 3 is 2.57 bits per heavy atom. The Kier molecular flexibility index (Phi) is 6.69. The highest BCUT2D eigenvalue weighted by Crippen LogP contribution is 2.14. The topological polar surface area (TPSA) is 51.9 Å². The molecule has 0 radical (unpaired) electrons. The highest BCUT2D eigenvalue weighted by atomic mass is 16.5. The van der Waals surface area contributed by atoms with Gasteiger partial charge in [-0.05, 0) is 30.7 Å². The van der Waals surface area contributed by atoms with Crippen LogP contribution in [0, 0.1) is 0 Å². The van der Waals surface area contributed by atoms with E-state index in [9.17, 15) is 4.79 Å². The summed E-state index contributed by atoms with van der Waals surface area (Å²) < 4.78 is 15.6. The second-order valence-electron chi connectivity index (χ2n) is 5.19. The normalized spacial score (nSPS) is 10.5. The lowest BCUT2D eigenvalue weighted by molar-refractivity contribution is -0.131. The van der Waals surface area contributed by atoms with Gasteiger partial charge in [0.2, 0.25) is 5.91 Å². The summed E-state index contributed by atoms with van der Waals surface area (Å²) in [6.45, 7) is 4.16. The number of rotatable bonds is 9. The van der Waals surface area contributed by atoms with Crippen LogP contribution in [0.1, 0.15) is 18.1 Å². The fourth-order valence-electron chi connectivity index (χ4n) is 2.25. The van der Waals surface area contributed by atoms with Gasteiger partial charge in [0.15, 0.2) is 0 Å². The van der Waals surface area contributed by atoms with E-state index in [4.69, 9.17) is 13.9 Å². The smallest absolute Gasteiger partial charge is 0.227 e. The number of amides is 1. The lowest BCUT2D eigenvalue weighted by Crippen LogP contribution is -2.34. The SMILES string of the molecule is CCOc1ccc(CC(=O)N(CCOC)Cc2ccoc2)cc1. The van der Waals surface area contributed by atoms with Gasteiger partial charge >= 0.3 is 0 Å². The number of benzene rings is 1. The van der Waals surface area contributed by atoms with Gasteiger partial charge in [-0.1, -0.05) is 12.1 Å². The molecule has 0 unspecified atom stereocenters. The zero-order valence-corrected chi connectivity index (χ0v) is 13.7. The van der Waals surface area contributed by atoms with Crippen molar-refractivity contribution in [2.24, 2.45) is 0 Å². The van der Waals surface area contributed by atoms with E-state index in [1.54, 1.807) is 24.5 Å². The van der Waals surface area contributed by atoms with Gasteiger partial charge in [-0.3, -0.25) is 4.79 Å². The van der Waals surface area contributed by atoms with Crippen molar-refractivity contribution in [2.75, 3.05) is 26.9 Å². The number of ether oxygens (including phenoxy) is 2. The van der Waals surface area contributed by atoms with Crippen molar-refractivity contribution in [2.45, 2.75) is 19.9 Å². The third-order valence-electron chi connectivity index (χ3n) is 3.46. The molecule has 0 fully saturated rings. The molecule has 0 N–H and O–H groups in total. The summed E-state index contributed by atoms with van der Waals surface area (Å²) in [5.74, 6) is 0.880. The molecular formula is C18H23NO4. The second kappa shape index (κ2) is 9.00. The standard InChI is InChI=1S/C18H23NO4/c1-3-23-17-6-4-15(5-7-17)12-18(20)19(9-11-21-2)13-16-8-10-22-14-16/h4-8,10,14H,3,9,11-13H2,1-2H3. The number of nitrogens with zero attached hydrogens (tertiary/aromatic N) is 1. The Morgan fingerprint density at radius 1 is 1.17 bits per heavy atom. The first-order chi connectivity index (χ1) is 11.2. The van der Waals surface area contributed by atoms with Crippen molar-refractivity contribution >= 4 is 5.91 Å². The van der Waals surface area contributed by atoms with Gasteiger partial charge in [-0.25, -0.2) is 0 Å². The predicted octanol–water partition coefficient (Wildman–Crippen LogP) is 2.90. The number of hydrogen-bond acceptors (Lipinski definition) is 4. The van der Waals surface area contributed by atoms with Gasteiger partial charge in [0.05, 0.1) is 32.2 Å². The molecule has 1 heterocycles. The molecule has 23 heavy (non-hydrogen) atoms. The summed E-state index contributed by atoms with van der Waals surface area (Å²) in [5.41, 5.74) is 1.94. The quantitative estimate of drug-likeness (QED) is 0.713. The van der Waals surface area contributed by atoms with Crippen molar-refractivity contribution in [3.8, 4) is 5.75 Å². The van der Waals surface area contributed by atoms with E-state index in [0.29, 0.717) is 32.7 Å². The Labute approximate surface area is 136 Å². The van der Waals surface area contributed by atoms with E-state index >= 15 is 0 Å². The van der Waals surface area contributed by atoms with E-state index in [1.165, 1.54) is 0 Å². The number of methoxy groups -OCH3 is 1. The third kappa shape index (κ3) is 5.45. The highest BCUT2D eigenvalue weighted by molar-refractivity contribution is 5.78. The number of hydrogen-bond donors (Lipinski definition) is 0. The molecule has 0 spiro atoms. The Hall–Kier alpha value is -2.27. The fraction of sp³-hybridized carbons (Fsp3) is 0.389. The molecule has 5 nitrogen and oxygen atoms in total. The second-order valence-corrected chi connectivity index (χ2v) is 5.19. The minimum atomic E-state index is 0.0624. The molecular weight excluding hydrogens is 294 g/mol. The molecule has 124 valence electrons. The summed E-state index contributed by atoms with van der Waals surface area (Å²) >= 11 is 0. The minimum absolute atomic E-state index is 0.0624. The van der Waals surface area contributed by atoms with Gasteiger partial charge in [0.25, 0.3) is 0 Å². The zero-order chi connectivity index (χ0) is 16.5. The van der Waals surface area contributed by atoms with Crippen LogP contribution in [0.3, 0.4) is 0 Å². The van der Waals surface area contributed by atoms with E-state index < -0.39 is 0 Å². The van der Waals surface area contributed by atoms with Crippen LogP contribution >= 0.6 is 0 Å². The van der Waals surface area contributed by atoms with E-state index in [0.717, 1.165) is 16.9 Å². The molecule has 0 atom stereocenters. The minimum Gasteiger partial charge on any atom is -0.494 e. The third-order valence-corrected chi connectivity index (χ3v) is 3.46. The van der Waals surface area contributed by atoms with Crippen LogP contribution in [-0.4, -0.2) is 37.7 Å². The maximum absolute atomic E-state index is 12.6. The molecule has 0 aliphatic heterocycles. The van der Waals surface area contributed by atoms with Crippen LogP contribution < -0.4 is 4.74 Å². The summed E-state index contributed by atoms with van der Waals surface area (Å²) in [4.78, 5) is 14.3. The van der Waals surface area contributed by atoms with Crippen LogP contribution in [-0.2, 0) is 22.5 Å². The van der Waals surface area contributed by atoms with Gasteiger partial charge in [-0.2, -0.15) is 0 Å². The van der Waals surface area contributed by atoms with Crippen LogP contribution in [0.5, 0.6) is 5.75 Å². The van der Waals surface area contributed by atoms with Gasteiger partial charge in [-0.15, -0.1) is 0 Å². The zero-order valence-electron chi connectivity index (χ0n) is 13.7. The van der Waals surface area contributed by atoms with Gasteiger partial charge < -0.3 is 18.8 Å². The Balaban J connectivity index is 1.98. The van der Waals surface area contributed by atoms with Crippen LogP contribution in [0.4, 0.5) is 0 Å². The first kappa shape index (κ1) is 17.1. The molecule has 0 aliphatic carbocycles. The van der Waals surface area contributed by atoms with E-state index in [2.05, 4.69) is 0 Å². The van der Waals surface area contributed by atoms with Crippen molar-refractivity contribution < 1.29 is 18.7 Å². The first-order valence-electron chi connectivity index (χ1n) is 7.72. The van der Waals surface area contributed by atoms with Crippen LogP contribution in [0.15, 0.2) is 47.3 Å². The highest BCUT2D eigenvalue weighted by Gasteiger charge is 2.15. The fourth-order valence-corrected chi connectivity index (χ4v) is 2.25. The molecule has 1 aromatic carbocycles. The molecule has 1 aromatic heterocycles. The average Bonchev–Trinajstić information content (AvgIpc) is 3.06. The van der Waals surface area contributed by atoms with Crippen molar-refractivity contribution in [1.82, 2.24) is 4.90 Å². The Bertz CT molecular complexity index is 578. The van der Waals surface area contributed by atoms with Crippen LogP contribution in [0.2, 0.25) is 0 Å². The lowest BCUT2D eigenvalue weighted by atomic mass is 10.1. The maximum atomic E-state index is 12.6. The largest absolute Gasteiger partial charge is 0.494 e. The number of carbonyl (C=O) groups is 1. The maximum Gasteiger partial charge on any atom is 0.227 e. The number of carbonyl (C=O) groups excluding carboxylic acids is 1. The average molecular weight is 317 g/mol. The molecule has 0 saturated carbocycles. The molecule has 0 aliphatic rings. The van der Waals surface area contributed by atoms with Gasteiger partial charge in [0, 0.05) is 25.8 Å². The molecule has 2 rings (SSSR count). The molecule has 2 aromatic rings. The van der Waals surface area contributed by atoms with Gasteiger partial charge in [0.1, 0.15) is 5.75 Å². The Morgan fingerprint density at radius 2 is 1.96 bits per heavy atom. The number of furan rings is 1. The van der Waals surface area contributed by atoms with Crippen molar-refractivity contribution in [3.05, 3.63) is 54.0 Å². The predicted molar refractivity (Wildman–Crippen MR) is 87.3 cm³/mol. The summed E-state index contributed by atoms with van der Waals surface area (Å²) in [7, 11) is 1.63. The molecule has 0 bridgehead atoms.